The van der Waals surface area contributed by atoms with Gasteiger partial charge >= 0.3 is 0 Å². The summed E-state index contributed by atoms with van der Waals surface area (Å²) in [6.07, 6.45) is 1.23. The molecule has 0 unspecified atom stereocenters. The van der Waals surface area contributed by atoms with Gasteiger partial charge in [0.1, 0.15) is 5.82 Å². The lowest BCUT2D eigenvalue weighted by Gasteiger charge is -2.33. The van der Waals surface area contributed by atoms with E-state index in [2.05, 4.69) is 10.2 Å². The van der Waals surface area contributed by atoms with Gasteiger partial charge in [0, 0.05) is 41.9 Å². The second kappa shape index (κ2) is 7.70. The molecule has 0 aliphatic carbocycles. The number of carbonyl (C=O) groups excluding carboxylic acids is 1. The summed E-state index contributed by atoms with van der Waals surface area (Å²) in [7, 11) is 0. The highest BCUT2D eigenvalue weighted by Gasteiger charge is 2.26. The van der Waals surface area contributed by atoms with E-state index in [-0.39, 0.29) is 23.2 Å². The predicted molar refractivity (Wildman–Crippen MR) is 98.1 cm³/mol. The number of nitro benzene ring substituents is 1. The Hall–Kier alpha value is -2.67. The molecule has 0 saturated carbocycles. The first-order chi connectivity index (χ1) is 12.4. The molecule has 1 aliphatic heterocycles. The first-order valence-corrected chi connectivity index (χ1v) is 8.57. The Morgan fingerprint density at radius 2 is 1.85 bits per heavy atom. The third kappa shape index (κ3) is 4.11. The van der Waals surface area contributed by atoms with E-state index in [0.29, 0.717) is 31.0 Å². The van der Waals surface area contributed by atoms with Gasteiger partial charge in [0.25, 0.3) is 5.69 Å². The molecule has 1 amide bonds. The van der Waals surface area contributed by atoms with Crippen LogP contribution in [0.3, 0.4) is 0 Å². The molecule has 1 N–H and O–H groups in total. The second-order valence-corrected chi connectivity index (χ2v) is 6.58. The lowest BCUT2D eigenvalue weighted by Crippen LogP contribution is -2.38. The van der Waals surface area contributed by atoms with Crippen LogP contribution >= 0.6 is 11.6 Å². The summed E-state index contributed by atoms with van der Waals surface area (Å²) < 4.78 is 13.7. The summed E-state index contributed by atoms with van der Waals surface area (Å²) in [5, 5.41) is 13.7. The molecular formula is C18H17ClFN3O3. The molecule has 8 heteroatoms. The van der Waals surface area contributed by atoms with Crippen LogP contribution in [0.5, 0.6) is 0 Å². The van der Waals surface area contributed by atoms with Gasteiger partial charge in [-0.1, -0.05) is 11.6 Å². The fourth-order valence-corrected chi connectivity index (χ4v) is 3.19. The number of nitrogens with zero attached hydrogens (tertiary/aromatic N) is 2. The van der Waals surface area contributed by atoms with Crippen LogP contribution in [0.1, 0.15) is 12.8 Å². The van der Waals surface area contributed by atoms with Gasteiger partial charge in [-0.3, -0.25) is 14.9 Å². The first kappa shape index (κ1) is 18.1. The van der Waals surface area contributed by atoms with Crippen molar-refractivity contribution in [2.45, 2.75) is 12.8 Å². The van der Waals surface area contributed by atoms with Crippen molar-refractivity contribution in [2.75, 3.05) is 23.3 Å². The molecule has 0 aromatic heterocycles. The van der Waals surface area contributed by atoms with Crippen molar-refractivity contribution in [3.63, 3.8) is 0 Å². The Balaban J connectivity index is 1.58. The minimum atomic E-state index is -0.522. The summed E-state index contributed by atoms with van der Waals surface area (Å²) in [6.45, 7) is 1.29. The molecule has 1 heterocycles. The van der Waals surface area contributed by atoms with E-state index in [4.69, 9.17) is 11.6 Å². The topological polar surface area (TPSA) is 75.5 Å². The molecule has 26 heavy (non-hydrogen) atoms. The molecule has 3 rings (SSSR count). The standard InChI is InChI=1S/C18H17ClFN3O3/c19-13-1-6-16(20)17(11-13)21-18(24)12-7-9-22(10-8-12)14-2-4-15(5-3-14)23(25)26/h1-6,11-12H,7-10H2,(H,21,24). The van der Waals surface area contributed by atoms with E-state index in [1.807, 2.05) is 0 Å². The summed E-state index contributed by atoms with van der Waals surface area (Å²) in [5.41, 5.74) is 1.02. The molecular weight excluding hydrogens is 361 g/mol. The molecule has 0 bridgehead atoms. The molecule has 0 atom stereocenters. The molecule has 1 saturated heterocycles. The number of rotatable bonds is 4. The van der Waals surface area contributed by atoms with E-state index in [1.54, 1.807) is 12.1 Å². The van der Waals surface area contributed by atoms with Crippen LogP contribution in [0, 0.1) is 21.8 Å². The number of amides is 1. The highest BCUT2D eigenvalue weighted by molar-refractivity contribution is 6.30. The Kier molecular flexibility index (Phi) is 5.37. The van der Waals surface area contributed by atoms with E-state index in [0.717, 1.165) is 5.69 Å². The van der Waals surface area contributed by atoms with Crippen molar-refractivity contribution >= 4 is 34.6 Å². The van der Waals surface area contributed by atoms with Crippen LogP contribution in [-0.4, -0.2) is 23.9 Å². The maximum Gasteiger partial charge on any atom is 0.269 e. The Bertz CT molecular complexity index is 821. The van der Waals surface area contributed by atoms with Gasteiger partial charge in [-0.25, -0.2) is 4.39 Å². The van der Waals surface area contributed by atoms with Crippen molar-refractivity contribution in [1.29, 1.82) is 0 Å². The molecule has 0 spiro atoms. The van der Waals surface area contributed by atoms with Crippen molar-refractivity contribution in [3.05, 3.63) is 63.4 Å². The van der Waals surface area contributed by atoms with Gasteiger partial charge in [-0.05, 0) is 43.2 Å². The summed E-state index contributed by atoms with van der Waals surface area (Å²) in [4.78, 5) is 24.7. The fraction of sp³-hybridized carbons (Fsp3) is 0.278. The zero-order valence-electron chi connectivity index (χ0n) is 13.8. The SMILES string of the molecule is O=C(Nc1cc(Cl)ccc1F)C1CCN(c2ccc([N+](=O)[O-])cc2)CC1. The minimum absolute atomic E-state index is 0.0477. The average Bonchev–Trinajstić information content (AvgIpc) is 2.65. The Labute approximate surface area is 154 Å². The van der Waals surface area contributed by atoms with Crippen LogP contribution < -0.4 is 10.2 Å². The van der Waals surface area contributed by atoms with Crippen molar-refractivity contribution < 1.29 is 14.1 Å². The van der Waals surface area contributed by atoms with E-state index in [1.165, 1.54) is 30.3 Å². The number of anilines is 2. The van der Waals surface area contributed by atoms with E-state index >= 15 is 0 Å². The van der Waals surface area contributed by atoms with Gasteiger partial charge in [-0.15, -0.1) is 0 Å². The average molecular weight is 378 g/mol. The van der Waals surface area contributed by atoms with Gasteiger partial charge in [0.2, 0.25) is 5.91 Å². The quantitative estimate of drug-likeness (QED) is 0.638. The van der Waals surface area contributed by atoms with Crippen LogP contribution in [0.15, 0.2) is 42.5 Å². The van der Waals surface area contributed by atoms with Gasteiger partial charge in [0.05, 0.1) is 10.6 Å². The molecule has 2 aromatic rings. The summed E-state index contributed by atoms with van der Waals surface area (Å²) >= 11 is 5.84. The molecule has 0 radical (unpaired) electrons. The van der Waals surface area contributed by atoms with Crippen LogP contribution in [-0.2, 0) is 4.79 Å². The maximum atomic E-state index is 13.7. The molecule has 6 nitrogen and oxygen atoms in total. The number of nitro groups is 1. The fourth-order valence-electron chi connectivity index (χ4n) is 3.01. The number of hydrogen-bond acceptors (Lipinski definition) is 4. The summed E-state index contributed by atoms with van der Waals surface area (Å²) in [6, 6.07) is 10.4. The molecule has 1 fully saturated rings. The Morgan fingerprint density at radius 1 is 1.19 bits per heavy atom. The van der Waals surface area contributed by atoms with Gasteiger partial charge in [-0.2, -0.15) is 0 Å². The smallest absolute Gasteiger partial charge is 0.269 e. The maximum absolute atomic E-state index is 13.7. The number of nitrogens with one attached hydrogen (secondary N) is 1. The van der Waals surface area contributed by atoms with Crippen molar-refractivity contribution in [1.82, 2.24) is 0 Å². The van der Waals surface area contributed by atoms with E-state index < -0.39 is 10.7 Å². The van der Waals surface area contributed by atoms with Crippen LogP contribution in [0.2, 0.25) is 5.02 Å². The molecule has 136 valence electrons. The highest BCUT2D eigenvalue weighted by Crippen LogP contribution is 2.27. The number of benzene rings is 2. The predicted octanol–water partition coefficient (Wildman–Crippen LogP) is 4.24. The number of hydrogen-bond donors (Lipinski definition) is 1. The lowest BCUT2D eigenvalue weighted by molar-refractivity contribution is -0.384. The largest absolute Gasteiger partial charge is 0.371 e. The summed E-state index contributed by atoms with van der Waals surface area (Å²) in [5.74, 6) is -0.969. The minimum Gasteiger partial charge on any atom is -0.371 e. The van der Waals surface area contributed by atoms with Crippen molar-refractivity contribution in [3.8, 4) is 0 Å². The van der Waals surface area contributed by atoms with Gasteiger partial charge in [0.15, 0.2) is 0 Å². The second-order valence-electron chi connectivity index (χ2n) is 6.15. The highest BCUT2D eigenvalue weighted by atomic mass is 35.5. The lowest BCUT2D eigenvalue weighted by atomic mass is 9.95. The zero-order chi connectivity index (χ0) is 18.7. The molecule has 2 aromatic carbocycles. The monoisotopic (exact) mass is 377 g/mol. The third-order valence-corrected chi connectivity index (χ3v) is 4.71. The van der Waals surface area contributed by atoms with Crippen LogP contribution in [0.25, 0.3) is 0 Å². The number of piperidine rings is 1. The van der Waals surface area contributed by atoms with Crippen LogP contribution in [0.4, 0.5) is 21.5 Å². The normalized spacial score (nSPS) is 14.9. The van der Waals surface area contributed by atoms with E-state index in [9.17, 15) is 19.3 Å². The first-order valence-electron chi connectivity index (χ1n) is 8.19. The number of carbonyl (C=O) groups is 1. The third-order valence-electron chi connectivity index (χ3n) is 4.48. The zero-order valence-corrected chi connectivity index (χ0v) is 14.6. The van der Waals surface area contributed by atoms with Crippen molar-refractivity contribution in [2.24, 2.45) is 5.92 Å². The Morgan fingerprint density at radius 3 is 2.46 bits per heavy atom. The number of halogens is 2. The molecule has 1 aliphatic rings. The van der Waals surface area contributed by atoms with Gasteiger partial charge < -0.3 is 10.2 Å². The number of non-ortho nitro benzene ring substituents is 1.